The zero-order valence-electron chi connectivity index (χ0n) is 24.9. The minimum atomic E-state index is 0.0480. The van der Waals surface area contributed by atoms with Crippen molar-refractivity contribution in [1.82, 2.24) is 0 Å². The van der Waals surface area contributed by atoms with E-state index in [4.69, 9.17) is 4.74 Å². The average Bonchev–Trinajstić information content (AvgIpc) is 2.86. The number of unbranched alkanes of at least 4 members (excludes halogenated alkanes) is 19. The topological polar surface area (TPSA) is 26.3 Å². The van der Waals surface area contributed by atoms with Crippen molar-refractivity contribution >= 4 is 5.97 Å². The predicted molar refractivity (Wildman–Crippen MR) is 156 cm³/mol. The van der Waals surface area contributed by atoms with Crippen LogP contribution < -0.4 is 0 Å². The van der Waals surface area contributed by atoms with Crippen LogP contribution in [0.1, 0.15) is 188 Å². The molecular weight excluding hydrogens is 428 g/mol. The number of rotatable bonds is 28. The molecule has 0 heterocycles. The highest BCUT2D eigenvalue weighted by atomic mass is 16.5. The number of carbonyl (C=O) groups is 1. The lowest BCUT2D eigenvalue weighted by molar-refractivity contribution is -0.149. The molecule has 0 bridgehead atoms. The summed E-state index contributed by atoms with van der Waals surface area (Å²) in [7, 11) is 0. The second-order valence-corrected chi connectivity index (χ2v) is 11.5. The number of carbonyl (C=O) groups excluding carboxylic acids is 1. The van der Waals surface area contributed by atoms with Crippen molar-refractivity contribution in [2.75, 3.05) is 6.61 Å². The van der Waals surface area contributed by atoms with Crippen LogP contribution in [0.3, 0.4) is 0 Å². The summed E-state index contributed by atoms with van der Waals surface area (Å²) in [4.78, 5) is 12.5. The quantitative estimate of drug-likeness (QED) is 0.0798. The summed E-state index contributed by atoms with van der Waals surface area (Å²) in [6, 6.07) is 0. The molecule has 210 valence electrons. The Morgan fingerprint density at radius 1 is 0.486 bits per heavy atom. The molecule has 0 spiro atoms. The number of esters is 1. The first kappa shape index (κ1) is 34.5. The van der Waals surface area contributed by atoms with Gasteiger partial charge >= 0.3 is 5.97 Å². The van der Waals surface area contributed by atoms with Crippen molar-refractivity contribution in [2.45, 2.75) is 188 Å². The van der Waals surface area contributed by atoms with E-state index in [0.717, 1.165) is 6.42 Å². The monoisotopic (exact) mass is 495 g/mol. The van der Waals surface area contributed by atoms with Gasteiger partial charge in [0, 0.05) is 0 Å². The molecule has 0 aliphatic carbocycles. The molecule has 0 amide bonds. The van der Waals surface area contributed by atoms with E-state index in [9.17, 15) is 4.79 Å². The van der Waals surface area contributed by atoms with Crippen molar-refractivity contribution in [2.24, 2.45) is 11.8 Å². The van der Waals surface area contributed by atoms with Crippen molar-refractivity contribution < 1.29 is 9.53 Å². The Bertz CT molecular complexity index is 407. The molecule has 0 N–H and O–H groups in total. The van der Waals surface area contributed by atoms with Crippen LogP contribution in [0.4, 0.5) is 0 Å². The zero-order chi connectivity index (χ0) is 25.8. The maximum atomic E-state index is 12.5. The van der Waals surface area contributed by atoms with E-state index in [2.05, 4.69) is 27.7 Å². The van der Waals surface area contributed by atoms with E-state index in [-0.39, 0.29) is 11.9 Å². The second kappa shape index (κ2) is 28.0. The molecule has 0 aliphatic heterocycles. The molecule has 0 aromatic carbocycles. The van der Waals surface area contributed by atoms with E-state index >= 15 is 0 Å². The third-order valence-electron chi connectivity index (χ3n) is 7.79. The van der Waals surface area contributed by atoms with Crippen molar-refractivity contribution in [3.05, 3.63) is 0 Å². The molecule has 2 heteroatoms. The fourth-order valence-corrected chi connectivity index (χ4v) is 5.14. The highest BCUT2D eigenvalue weighted by molar-refractivity contribution is 5.71. The molecule has 1 unspecified atom stereocenters. The van der Waals surface area contributed by atoms with Gasteiger partial charge < -0.3 is 4.74 Å². The molecule has 35 heavy (non-hydrogen) atoms. The SMILES string of the molecule is CCCCCCCCCCCCCCCCC(C)C(=O)OCC(CCCCCC)CCCCCC. The summed E-state index contributed by atoms with van der Waals surface area (Å²) >= 11 is 0. The number of hydrogen-bond acceptors (Lipinski definition) is 2. The van der Waals surface area contributed by atoms with Gasteiger partial charge in [-0.1, -0.05) is 169 Å². The van der Waals surface area contributed by atoms with Gasteiger partial charge in [0.05, 0.1) is 12.5 Å². The van der Waals surface area contributed by atoms with E-state index < -0.39 is 0 Å². The lowest BCUT2D eigenvalue weighted by Crippen LogP contribution is -2.20. The Balaban J connectivity index is 3.75. The summed E-state index contributed by atoms with van der Waals surface area (Å²) in [5.41, 5.74) is 0. The fraction of sp³-hybridized carbons (Fsp3) is 0.970. The molecular formula is C33H66O2. The van der Waals surface area contributed by atoms with E-state index in [0.29, 0.717) is 12.5 Å². The minimum Gasteiger partial charge on any atom is -0.465 e. The summed E-state index contributed by atoms with van der Waals surface area (Å²) in [5.74, 6) is 0.681. The Kier molecular flexibility index (Phi) is 27.6. The molecule has 1 atom stereocenters. The molecule has 0 radical (unpaired) electrons. The largest absolute Gasteiger partial charge is 0.465 e. The summed E-state index contributed by atoms with van der Waals surface area (Å²) < 4.78 is 5.81. The van der Waals surface area contributed by atoms with Crippen LogP contribution in [0.5, 0.6) is 0 Å². The van der Waals surface area contributed by atoms with Crippen LogP contribution in [-0.4, -0.2) is 12.6 Å². The Hall–Kier alpha value is -0.530. The van der Waals surface area contributed by atoms with Gasteiger partial charge in [0.2, 0.25) is 0 Å². The second-order valence-electron chi connectivity index (χ2n) is 11.5. The third-order valence-corrected chi connectivity index (χ3v) is 7.79. The van der Waals surface area contributed by atoms with Gasteiger partial charge in [-0.2, -0.15) is 0 Å². The van der Waals surface area contributed by atoms with Crippen molar-refractivity contribution in [1.29, 1.82) is 0 Å². The van der Waals surface area contributed by atoms with Crippen LogP contribution >= 0.6 is 0 Å². The van der Waals surface area contributed by atoms with Crippen molar-refractivity contribution in [3.8, 4) is 0 Å². The van der Waals surface area contributed by atoms with Crippen LogP contribution in [-0.2, 0) is 9.53 Å². The van der Waals surface area contributed by atoms with Crippen LogP contribution in [0.25, 0.3) is 0 Å². The lowest BCUT2D eigenvalue weighted by atomic mass is 9.95. The first-order valence-electron chi connectivity index (χ1n) is 16.3. The first-order chi connectivity index (χ1) is 17.2. The van der Waals surface area contributed by atoms with Gasteiger partial charge in [-0.15, -0.1) is 0 Å². The highest BCUT2D eigenvalue weighted by Gasteiger charge is 2.17. The number of hydrogen-bond donors (Lipinski definition) is 0. The minimum absolute atomic E-state index is 0.0480. The Labute approximate surface area is 222 Å². The molecule has 2 nitrogen and oxygen atoms in total. The molecule has 0 fully saturated rings. The zero-order valence-corrected chi connectivity index (χ0v) is 24.9. The van der Waals surface area contributed by atoms with Gasteiger partial charge in [0.15, 0.2) is 0 Å². The van der Waals surface area contributed by atoms with Crippen LogP contribution in [0.2, 0.25) is 0 Å². The lowest BCUT2D eigenvalue weighted by Gasteiger charge is -2.19. The first-order valence-corrected chi connectivity index (χ1v) is 16.3. The molecule has 0 aliphatic rings. The standard InChI is InChI=1S/C33H66O2/c1-5-8-11-14-15-16-17-18-19-20-21-22-23-24-27-31(4)33(34)35-30-32(28-25-12-9-6-2)29-26-13-10-7-3/h31-32H,5-30H2,1-4H3. The van der Waals surface area contributed by atoms with Crippen LogP contribution in [0, 0.1) is 11.8 Å². The number of ether oxygens (including phenoxy) is 1. The van der Waals surface area contributed by atoms with E-state index in [1.807, 2.05) is 0 Å². The highest BCUT2D eigenvalue weighted by Crippen LogP contribution is 2.21. The molecule has 0 rings (SSSR count). The molecule has 0 saturated carbocycles. The Morgan fingerprint density at radius 2 is 0.800 bits per heavy atom. The molecule has 0 aromatic heterocycles. The van der Waals surface area contributed by atoms with Crippen LogP contribution in [0.15, 0.2) is 0 Å². The molecule has 0 saturated heterocycles. The third kappa shape index (κ3) is 24.9. The summed E-state index contributed by atoms with van der Waals surface area (Å²) in [6.45, 7) is 9.55. The Morgan fingerprint density at radius 3 is 1.20 bits per heavy atom. The summed E-state index contributed by atoms with van der Waals surface area (Å²) in [5, 5.41) is 0. The van der Waals surface area contributed by atoms with Gasteiger partial charge in [0.25, 0.3) is 0 Å². The van der Waals surface area contributed by atoms with E-state index in [1.165, 1.54) is 154 Å². The summed E-state index contributed by atoms with van der Waals surface area (Å²) in [6.07, 6.45) is 33.3. The smallest absolute Gasteiger partial charge is 0.308 e. The van der Waals surface area contributed by atoms with E-state index in [1.54, 1.807) is 0 Å². The normalized spacial score (nSPS) is 12.4. The average molecular weight is 495 g/mol. The van der Waals surface area contributed by atoms with Gasteiger partial charge in [-0.25, -0.2) is 0 Å². The maximum absolute atomic E-state index is 12.5. The predicted octanol–water partition coefficient (Wildman–Crippen LogP) is 11.6. The van der Waals surface area contributed by atoms with Gasteiger partial charge in [-0.05, 0) is 25.2 Å². The van der Waals surface area contributed by atoms with Crippen molar-refractivity contribution in [3.63, 3.8) is 0 Å². The van der Waals surface area contributed by atoms with Gasteiger partial charge in [0.1, 0.15) is 0 Å². The van der Waals surface area contributed by atoms with Gasteiger partial charge in [-0.3, -0.25) is 4.79 Å². The molecule has 0 aromatic rings. The fourth-order valence-electron chi connectivity index (χ4n) is 5.14. The maximum Gasteiger partial charge on any atom is 0.308 e.